The maximum absolute atomic E-state index is 13.5. The van der Waals surface area contributed by atoms with Gasteiger partial charge in [-0.05, 0) is 26.0 Å². The second-order valence-electron chi connectivity index (χ2n) is 4.42. The van der Waals surface area contributed by atoms with Crippen molar-refractivity contribution in [3.05, 3.63) is 29.3 Å². The Morgan fingerprint density at radius 3 is 2.25 bits per heavy atom. The smallest absolute Gasteiger partial charge is 0.335 e. The fourth-order valence-electron chi connectivity index (χ4n) is 1.35. The number of ether oxygens (including phenoxy) is 2. The summed E-state index contributed by atoms with van der Waals surface area (Å²) in [6, 6.07) is 1.30. The predicted molar refractivity (Wildman–Crippen MR) is 65.9 cm³/mol. The molecule has 7 heteroatoms. The molecule has 0 spiro atoms. The number of hydrogen-bond acceptors (Lipinski definition) is 4. The van der Waals surface area contributed by atoms with Crippen LogP contribution in [0.5, 0.6) is 5.75 Å². The molecule has 1 aromatic carbocycles. The van der Waals surface area contributed by atoms with Gasteiger partial charge in [0.05, 0.1) is 18.3 Å². The molecule has 1 unspecified atom stereocenters. The third-order valence-corrected chi connectivity index (χ3v) is 2.29. The first-order chi connectivity index (χ1) is 9.31. The van der Waals surface area contributed by atoms with Gasteiger partial charge in [-0.2, -0.15) is 0 Å². The molecule has 0 radical (unpaired) electrons. The molecule has 2 N–H and O–H groups in total. The summed E-state index contributed by atoms with van der Waals surface area (Å²) in [7, 11) is 0. The quantitative estimate of drug-likeness (QED) is 0.801. The lowest BCUT2D eigenvalue weighted by atomic mass is 10.2. The van der Waals surface area contributed by atoms with Crippen LogP contribution in [0, 0.1) is 11.6 Å². The maximum atomic E-state index is 13.5. The summed E-state index contributed by atoms with van der Waals surface area (Å²) in [4.78, 5) is 10.6. The van der Waals surface area contributed by atoms with Gasteiger partial charge in [0.15, 0.2) is 17.4 Å². The molecule has 0 aliphatic rings. The van der Waals surface area contributed by atoms with Crippen molar-refractivity contribution in [2.75, 3.05) is 13.2 Å². The van der Waals surface area contributed by atoms with Crippen LogP contribution < -0.4 is 4.74 Å². The van der Waals surface area contributed by atoms with Gasteiger partial charge in [-0.3, -0.25) is 0 Å². The number of carboxylic acid groups (broad SMARTS) is 1. The molecule has 5 nitrogen and oxygen atoms in total. The SMILES string of the molecule is CC(C)OCC(O)COc1c(F)cc(C(=O)O)cc1F. The Morgan fingerprint density at radius 2 is 1.80 bits per heavy atom. The van der Waals surface area contributed by atoms with Crippen molar-refractivity contribution in [3.8, 4) is 5.75 Å². The largest absolute Gasteiger partial charge is 0.485 e. The molecule has 1 rings (SSSR count). The Morgan fingerprint density at radius 1 is 1.25 bits per heavy atom. The highest BCUT2D eigenvalue weighted by Gasteiger charge is 2.17. The summed E-state index contributed by atoms with van der Waals surface area (Å²) >= 11 is 0. The Hall–Kier alpha value is -1.73. The second kappa shape index (κ2) is 7.16. The third kappa shape index (κ3) is 4.75. The van der Waals surface area contributed by atoms with Gasteiger partial charge in [-0.1, -0.05) is 0 Å². The zero-order chi connectivity index (χ0) is 15.3. The fraction of sp³-hybridized carbons (Fsp3) is 0.462. The monoisotopic (exact) mass is 290 g/mol. The number of rotatable bonds is 7. The molecule has 0 fully saturated rings. The molecule has 0 aromatic heterocycles. The van der Waals surface area contributed by atoms with Crippen LogP contribution in [-0.4, -0.2) is 41.6 Å². The molecule has 0 heterocycles. The zero-order valence-corrected chi connectivity index (χ0v) is 11.1. The minimum absolute atomic E-state index is 0.0336. The van der Waals surface area contributed by atoms with Gasteiger partial charge < -0.3 is 19.7 Å². The molecule has 0 saturated heterocycles. The van der Waals surface area contributed by atoms with Crippen LogP contribution in [0.15, 0.2) is 12.1 Å². The molecule has 20 heavy (non-hydrogen) atoms. The van der Waals surface area contributed by atoms with Crippen LogP contribution in [0.3, 0.4) is 0 Å². The molecule has 0 amide bonds. The van der Waals surface area contributed by atoms with Crippen LogP contribution in [0.2, 0.25) is 0 Å². The standard InChI is InChI=1S/C13H16F2O5/c1-7(2)19-5-9(16)6-20-12-10(14)3-8(13(17)18)4-11(12)15/h3-4,7,9,16H,5-6H2,1-2H3,(H,17,18). The number of benzene rings is 1. The molecule has 1 aromatic rings. The summed E-state index contributed by atoms with van der Waals surface area (Å²) < 4.78 is 36.9. The summed E-state index contributed by atoms with van der Waals surface area (Å²) in [5, 5.41) is 18.1. The van der Waals surface area contributed by atoms with Crippen molar-refractivity contribution in [1.29, 1.82) is 0 Å². The van der Waals surface area contributed by atoms with E-state index >= 15 is 0 Å². The minimum Gasteiger partial charge on any atom is -0.485 e. The van der Waals surface area contributed by atoms with E-state index in [0.717, 1.165) is 0 Å². The first-order valence-corrected chi connectivity index (χ1v) is 5.96. The molecule has 0 bridgehead atoms. The highest BCUT2D eigenvalue weighted by atomic mass is 19.1. The van der Waals surface area contributed by atoms with Crippen LogP contribution >= 0.6 is 0 Å². The van der Waals surface area contributed by atoms with E-state index in [-0.39, 0.29) is 19.3 Å². The van der Waals surface area contributed by atoms with E-state index in [1.165, 1.54) is 0 Å². The van der Waals surface area contributed by atoms with Gasteiger partial charge in [-0.25, -0.2) is 13.6 Å². The van der Waals surface area contributed by atoms with Crippen molar-refractivity contribution in [2.45, 2.75) is 26.1 Å². The van der Waals surface area contributed by atoms with Gasteiger partial charge in [-0.15, -0.1) is 0 Å². The van der Waals surface area contributed by atoms with Gasteiger partial charge in [0.1, 0.15) is 12.7 Å². The van der Waals surface area contributed by atoms with E-state index in [4.69, 9.17) is 14.6 Å². The van der Waals surface area contributed by atoms with Crippen molar-refractivity contribution in [1.82, 2.24) is 0 Å². The second-order valence-corrected chi connectivity index (χ2v) is 4.42. The molecular weight excluding hydrogens is 274 g/mol. The summed E-state index contributed by atoms with van der Waals surface area (Å²) in [6.45, 7) is 3.15. The van der Waals surface area contributed by atoms with E-state index in [1.54, 1.807) is 13.8 Å². The number of aliphatic hydroxyl groups is 1. The first kappa shape index (κ1) is 16.3. The minimum atomic E-state index is -1.44. The normalized spacial score (nSPS) is 12.5. The van der Waals surface area contributed by atoms with Gasteiger partial charge in [0.2, 0.25) is 0 Å². The summed E-state index contributed by atoms with van der Waals surface area (Å²) in [5.41, 5.74) is -0.518. The van der Waals surface area contributed by atoms with Crippen molar-refractivity contribution in [2.24, 2.45) is 0 Å². The molecular formula is C13H16F2O5. The molecule has 0 aliphatic carbocycles. The molecule has 1 atom stereocenters. The van der Waals surface area contributed by atoms with E-state index < -0.39 is 35.0 Å². The number of aliphatic hydroxyl groups excluding tert-OH is 1. The predicted octanol–water partition coefficient (Wildman–Crippen LogP) is 1.83. The Balaban J connectivity index is 2.66. The Kier molecular flexibility index (Phi) is 5.84. The third-order valence-electron chi connectivity index (χ3n) is 2.29. The van der Waals surface area contributed by atoms with Crippen molar-refractivity contribution >= 4 is 5.97 Å². The van der Waals surface area contributed by atoms with Crippen LogP contribution in [-0.2, 0) is 4.74 Å². The Labute approximate surface area is 114 Å². The number of halogens is 2. The number of aromatic carboxylic acids is 1. The summed E-state index contributed by atoms with van der Waals surface area (Å²) in [5.74, 6) is -4.45. The Bertz CT molecular complexity index is 453. The average Bonchev–Trinajstić information content (AvgIpc) is 2.34. The average molecular weight is 290 g/mol. The lowest BCUT2D eigenvalue weighted by Crippen LogP contribution is -2.25. The number of carboxylic acids is 1. The van der Waals surface area contributed by atoms with Crippen LogP contribution in [0.4, 0.5) is 8.78 Å². The zero-order valence-electron chi connectivity index (χ0n) is 11.1. The first-order valence-electron chi connectivity index (χ1n) is 5.96. The van der Waals surface area contributed by atoms with E-state index in [2.05, 4.69) is 0 Å². The van der Waals surface area contributed by atoms with Gasteiger partial charge >= 0.3 is 5.97 Å². The van der Waals surface area contributed by atoms with Crippen molar-refractivity contribution < 1.29 is 33.3 Å². The topological polar surface area (TPSA) is 76.0 Å². The van der Waals surface area contributed by atoms with Gasteiger partial charge in [0.25, 0.3) is 0 Å². The number of hydrogen-bond donors (Lipinski definition) is 2. The fourth-order valence-corrected chi connectivity index (χ4v) is 1.35. The summed E-state index contributed by atoms with van der Waals surface area (Å²) in [6.07, 6.45) is -1.14. The maximum Gasteiger partial charge on any atom is 0.335 e. The molecule has 0 saturated carbocycles. The van der Waals surface area contributed by atoms with Crippen LogP contribution in [0.25, 0.3) is 0 Å². The highest BCUT2D eigenvalue weighted by Crippen LogP contribution is 2.23. The van der Waals surface area contributed by atoms with Gasteiger partial charge in [0, 0.05) is 0 Å². The highest BCUT2D eigenvalue weighted by molar-refractivity contribution is 5.87. The van der Waals surface area contributed by atoms with E-state index in [1.807, 2.05) is 0 Å². The number of carbonyl (C=O) groups is 1. The van der Waals surface area contributed by atoms with Crippen molar-refractivity contribution in [3.63, 3.8) is 0 Å². The lowest BCUT2D eigenvalue weighted by Gasteiger charge is -2.15. The van der Waals surface area contributed by atoms with Crippen LogP contribution in [0.1, 0.15) is 24.2 Å². The molecule has 0 aliphatic heterocycles. The van der Waals surface area contributed by atoms with E-state index in [0.29, 0.717) is 12.1 Å². The van der Waals surface area contributed by atoms with E-state index in [9.17, 15) is 18.7 Å². The lowest BCUT2D eigenvalue weighted by molar-refractivity contribution is -0.0133. The molecule has 112 valence electrons.